The molecule has 7 nitrogen and oxygen atoms in total. The van der Waals surface area contributed by atoms with Gasteiger partial charge in [0.2, 0.25) is 0 Å². The van der Waals surface area contributed by atoms with Gasteiger partial charge in [-0.3, -0.25) is 9.59 Å². The fourth-order valence-corrected chi connectivity index (χ4v) is 4.67. The number of unbranched alkanes of at least 4 members (excludes halogenated alkanes) is 1. The molecule has 1 amide bonds. The smallest absolute Gasteiger partial charge is 0.295 e. The quantitative estimate of drug-likeness (QED) is 0.231. The molecule has 7 heteroatoms. The number of ether oxygens (including phenoxy) is 3. The number of carbonyl (C=O) groups excluding carboxylic acids is 2. The number of fused-ring (bicyclic) bond motifs is 1. The summed E-state index contributed by atoms with van der Waals surface area (Å²) in [5, 5.41) is 11.4. The highest BCUT2D eigenvalue weighted by Gasteiger charge is 2.46. The number of amides is 1. The zero-order chi connectivity index (χ0) is 24.9. The fourth-order valence-electron chi connectivity index (χ4n) is 4.67. The first kappa shape index (κ1) is 24.8. The Morgan fingerprint density at radius 2 is 1.97 bits per heavy atom. The van der Waals surface area contributed by atoms with E-state index >= 15 is 0 Å². The van der Waals surface area contributed by atoms with Gasteiger partial charge in [-0.1, -0.05) is 25.5 Å². The number of benzene rings is 2. The van der Waals surface area contributed by atoms with Gasteiger partial charge in [-0.15, -0.1) is 0 Å². The number of ketones is 1. The molecule has 2 aliphatic rings. The normalized spacial score (nSPS) is 20.7. The predicted molar refractivity (Wildman–Crippen MR) is 133 cm³/mol. The molecular formula is C28H33NO6. The van der Waals surface area contributed by atoms with Crippen LogP contribution in [0.2, 0.25) is 0 Å². The Balaban J connectivity index is 1.76. The average Bonchev–Trinajstić information content (AvgIpc) is 3.35. The highest BCUT2D eigenvalue weighted by atomic mass is 16.5. The molecule has 0 aromatic heterocycles. The van der Waals surface area contributed by atoms with E-state index in [1.54, 1.807) is 19.2 Å². The lowest BCUT2D eigenvalue weighted by molar-refractivity contribution is -0.140. The van der Waals surface area contributed by atoms with Crippen molar-refractivity contribution in [3.8, 4) is 11.5 Å². The summed E-state index contributed by atoms with van der Waals surface area (Å²) in [7, 11) is 1.60. The Kier molecular flexibility index (Phi) is 7.76. The SMILES string of the molecule is CCCCOc1cccc([C@@H]2/C(=C(\O)c3ccc4c(c3)C[C@@H](C)O4)C(=O)C(=O)N2CCCOC)c1. The third-order valence-electron chi connectivity index (χ3n) is 6.40. The van der Waals surface area contributed by atoms with Gasteiger partial charge in [-0.2, -0.15) is 0 Å². The second-order valence-corrected chi connectivity index (χ2v) is 9.07. The van der Waals surface area contributed by atoms with E-state index in [1.165, 1.54) is 4.90 Å². The van der Waals surface area contributed by atoms with Crippen molar-refractivity contribution in [2.75, 3.05) is 26.9 Å². The van der Waals surface area contributed by atoms with Crippen LogP contribution in [0.4, 0.5) is 0 Å². The van der Waals surface area contributed by atoms with Gasteiger partial charge in [0, 0.05) is 32.2 Å². The van der Waals surface area contributed by atoms with E-state index < -0.39 is 17.7 Å². The monoisotopic (exact) mass is 479 g/mol. The molecule has 2 aromatic rings. The predicted octanol–water partition coefficient (Wildman–Crippen LogP) is 4.65. The summed E-state index contributed by atoms with van der Waals surface area (Å²) in [6.07, 6.45) is 3.30. The Morgan fingerprint density at radius 1 is 1.14 bits per heavy atom. The van der Waals surface area contributed by atoms with Gasteiger partial charge in [-0.05, 0) is 61.2 Å². The van der Waals surface area contributed by atoms with Crippen molar-refractivity contribution in [1.29, 1.82) is 0 Å². The molecule has 2 aliphatic heterocycles. The third-order valence-corrected chi connectivity index (χ3v) is 6.40. The highest BCUT2D eigenvalue weighted by molar-refractivity contribution is 6.46. The minimum absolute atomic E-state index is 0.0595. The van der Waals surface area contributed by atoms with E-state index in [1.807, 2.05) is 37.3 Å². The lowest BCUT2D eigenvalue weighted by Crippen LogP contribution is -2.31. The lowest BCUT2D eigenvalue weighted by atomic mass is 9.94. The van der Waals surface area contributed by atoms with Crippen LogP contribution in [0.5, 0.6) is 11.5 Å². The minimum Gasteiger partial charge on any atom is -0.507 e. The second-order valence-electron chi connectivity index (χ2n) is 9.07. The molecule has 35 heavy (non-hydrogen) atoms. The highest BCUT2D eigenvalue weighted by Crippen LogP contribution is 2.41. The minimum atomic E-state index is -0.718. The summed E-state index contributed by atoms with van der Waals surface area (Å²) < 4.78 is 16.8. The van der Waals surface area contributed by atoms with E-state index in [-0.39, 0.29) is 17.4 Å². The Hall–Kier alpha value is -3.32. The van der Waals surface area contributed by atoms with Crippen LogP contribution in [0.25, 0.3) is 5.76 Å². The number of likely N-dealkylation sites (tertiary alicyclic amines) is 1. The first-order chi connectivity index (χ1) is 16.9. The topological polar surface area (TPSA) is 85.3 Å². The largest absolute Gasteiger partial charge is 0.507 e. The Labute approximate surface area is 206 Å². The molecule has 0 saturated carbocycles. The van der Waals surface area contributed by atoms with Crippen LogP contribution in [0, 0.1) is 0 Å². The van der Waals surface area contributed by atoms with Gasteiger partial charge in [0.1, 0.15) is 23.4 Å². The number of hydrogen-bond acceptors (Lipinski definition) is 6. The average molecular weight is 480 g/mol. The fraction of sp³-hybridized carbons (Fsp3) is 0.429. The van der Waals surface area contributed by atoms with Gasteiger partial charge in [0.05, 0.1) is 18.2 Å². The molecular weight excluding hydrogens is 446 g/mol. The van der Waals surface area contributed by atoms with Crippen LogP contribution in [0.3, 0.4) is 0 Å². The number of methoxy groups -OCH3 is 1. The molecule has 0 unspecified atom stereocenters. The van der Waals surface area contributed by atoms with Crippen molar-refractivity contribution in [1.82, 2.24) is 4.90 Å². The van der Waals surface area contributed by atoms with Crippen molar-refractivity contribution in [3.63, 3.8) is 0 Å². The lowest BCUT2D eigenvalue weighted by Gasteiger charge is -2.25. The summed E-state index contributed by atoms with van der Waals surface area (Å²) in [5.41, 5.74) is 2.27. The number of nitrogens with zero attached hydrogens (tertiary/aromatic N) is 1. The van der Waals surface area contributed by atoms with E-state index in [0.29, 0.717) is 37.5 Å². The Bertz CT molecular complexity index is 1120. The van der Waals surface area contributed by atoms with Crippen molar-refractivity contribution < 1.29 is 28.9 Å². The summed E-state index contributed by atoms with van der Waals surface area (Å²) in [5.74, 6) is -0.0395. The van der Waals surface area contributed by atoms with E-state index in [4.69, 9.17) is 14.2 Å². The summed E-state index contributed by atoms with van der Waals surface area (Å²) in [6.45, 7) is 5.46. The standard InChI is InChI=1S/C28H33NO6/c1-4-5-14-34-22-9-6-8-19(17-22)25-24(27(31)28(32)29(25)12-7-13-33-3)26(30)20-10-11-23-21(16-20)15-18(2)35-23/h6,8-11,16-18,25,30H,4-5,7,12-15H2,1-3H3/b26-24+/t18-,25-/m1/s1. The molecule has 186 valence electrons. The number of aliphatic hydroxyl groups is 1. The number of aliphatic hydroxyl groups excluding tert-OH is 1. The summed E-state index contributed by atoms with van der Waals surface area (Å²) in [6, 6.07) is 12.1. The van der Waals surface area contributed by atoms with Crippen LogP contribution >= 0.6 is 0 Å². The maximum atomic E-state index is 13.2. The number of Topliss-reactive ketones (excluding diaryl/α,β-unsaturated/α-hetero) is 1. The first-order valence-electron chi connectivity index (χ1n) is 12.2. The molecule has 2 heterocycles. The van der Waals surface area contributed by atoms with Gasteiger partial charge >= 0.3 is 0 Å². The van der Waals surface area contributed by atoms with Gasteiger partial charge in [0.25, 0.3) is 11.7 Å². The van der Waals surface area contributed by atoms with Crippen molar-refractivity contribution >= 4 is 17.4 Å². The van der Waals surface area contributed by atoms with Crippen LogP contribution in [-0.2, 0) is 20.7 Å². The summed E-state index contributed by atoms with van der Waals surface area (Å²) >= 11 is 0. The van der Waals surface area contributed by atoms with Crippen molar-refractivity contribution in [2.24, 2.45) is 0 Å². The maximum Gasteiger partial charge on any atom is 0.295 e. The van der Waals surface area contributed by atoms with Crippen LogP contribution in [0.1, 0.15) is 55.8 Å². The van der Waals surface area contributed by atoms with Gasteiger partial charge in [0.15, 0.2) is 0 Å². The molecule has 4 rings (SSSR count). The van der Waals surface area contributed by atoms with Crippen molar-refractivity contribution in [3.05, 3.63) is 64.7 Å². The molecule has 2 aromatic carbocycles. The summed E-state index contributed by atoms with van der Waals surface area (Å²) in [4.78, 5) is 27.9. The molecule has 0 radical (unpaired) electrons. The molecule has 1 N–H and O–H groups in total. The molecule has 1 fully saturated rings. The Morgan fingerprint density at radius 3 is 2.74 bits per heavy atom. The number of hydrogen-bond donors (Lipinski definition) is 1. The number of rotatable bonds is 10. The second kappa shape index (κ2) is 11.0. The molecule has 0 spiro atoms. The van der Waals surface area contributed by atoms with Gasteiger partial charge in [-0.25, -0.2) is 0 Å². The van der Waals surface area contributed by atoms with Gasteiger partial charge < -0.3 is 24.2 Å². The molecule has 0 bridgehead atoms. The number of carbonyl (C=O) groups is 2. The molecule has 1 saturated heterocycles. The zero-order valence-corrected chi connectivity index (χ0v) is 20.6. The van der Waals surface area contributed by atoms with Crippen LogP contribution in [-0.4, -0.2) is 54.7 Å². The molecule has 2 atom stereocenters. The van der Waals surface area contributed by atoms with Crippen molar-refractivity contribution in [2.45, 2.75) is 51.7 Å². The van der Waals surface area contributed by atoms with E-state index in [0.717, 1.165) is 36.1 Å². The maximum absolute atomic E-state index is 13.2. The van der Waals surface area contributed by atoms with Crippen LogP contribution < -0.4 is 9.47 Å². The molecule has 0 aliphatic carbocycles. The third kappa shape index (κ3) is 5.20. The van der Waals surface area contributed by atoms with E-state index in [9.17, 15) is 14.7 Å². The van der Waals surface area contributed by atoms with E-state index in [2.05, 4.69) is 6.92 Å². The zero-order valence-electron chi connectivity index (χ0n) is 20.6. The van der Waals surface area contributed by atoms with Crippen LogP contribution in [0.15, 0.2) is 48.0 Å². The first-order valence-corrected chi connectivity index (χ1v) is 12.2.